The maximum absolute atomic E-state index is 12.3. The molecule has 1 N–H and O–H groups in total. The summed E-state index contributed by atoms with van der Waals surface area (Å²) < 4.78 is 7.35. The van der Waals surface area contributed by atoms with Crippen LogP contribution in [0.2, 0.25) is 0 Å². The standard InChI is InChI=1S/C17H21N3O2/c1-20-14-9-5-4-8-13(14)19-16(20)11-18-17(21)12-7-3-6-10-15(12)22-2/h3,6-7,10H,4-5,8-9,11H2,1-2H3,(H,18,21). The molecule has 0 aliphatic heterocycles. The molecule has 0 radical (unpaired) electrons. The highest BCUT2D eigenvalue weighted by Gasteiger charge is 2.18. The molecule has 1 aliphatic rings. The maximum Gasteiger partial charge on any atom is 0.255 e. The highest BCUT2D eigenvalue weighted by Crippen LogP contribution is 2.21. The van der Waals surface area contributed by atoms with Gasteiger partial charge in [0.2, 0.25) is 0 Å². The van der Waals surface area contributed by atoms with E-state index in [0.717, 1.165) is 18.7 Å². The number of aryl methyl sites for hydroxylation is 1. The summed E-state index contributed by atoms with van der Waals surface area (Å²) in [5, 5.41) is 2.94. The van der Waals surface area contributed by atoms with Gasteiger partial charge in [-0.15, -0.1) is 0 Å². The summed E-state index contributed by atoms with van der Waals surface area (Å²) in [7, 11) is 3.60. The van der Waals surface area contributed by atoms with Crippen LogP contribution in [-0.4, -0.2) is 22.6 Å². The number of benzene rings is 1. The molecule has 22 heavy (non-hydrogen) atoms. The third-order valence-corrected chi connectivity index (χ3v) is 4.22. The summed E-state index contributed by atoms with van der Waals surface area (Å²) >= 11 is 0. The Bertz CT molecular complexity index is 691. The largest absolute Gasteiger partial charge is 0.496 e. The van der Waals surface area contributed by atoms with Crippen LogP contribution in [-0.2, 0) is 26.4 Å². The minimum absolute atomic E-state index is 0.140. The average molecular weight is 299 g/mol. The fourth-order valence-electron chi connectivity index (χ4n) is 2.99. The van der Waals surface area contributed by atoms with Crippen LogP contribution in [0.3, 0.4) is 0 Å². The monoisotopic (exact) mass is 299 g/mol. The van der Waals surface area contributed by atoms with Crippen molar-refractivity contribution in [2.75, 3.05) is 7.11 Å². The maximum atomic E-state index is 12.3. The molecule has 1 aliphatic carbocycles. The van der Waals surface area contributed by atoms with Crippen molar-refractivity contribution in [3.8, 4) is 5.75 Å². The minimum atomic E-state index is -0.140. The van der Waals surface area contributed by atoms with Gasteiger partial charge in [-0.25, -0.2) is 4.98 Å². The molecule has 0 unspecified atom stereocenters. The van der Waals surface area contributed by atoms with Gasteiger partial charge in [-0.1, -0.05) is 12.1 Å². The second-order valence-electron chi connectivity index (χ2n) is 5.57. The fraction of sp³-hybridized carbons (Fsp3) is 0.412. The van der Waals surface area contributed by atoms with E-state index in [2.05, 4.69) is 14.9 Å². The number of imidazole rings is 1. The molecule has 3 rings (SSSR count). The van der Waals surface area contributed by atoms with Gasteiger partial charge in [0.15, 0.2) is 0 Å². The van der Waals surface area contributed by atoms with E-state index in [9.17, 15) is 4.79 Å². The quantitative estimate of drug-likeness (QED) is 0.942. The Hall–Kier alpha value is -2.30. The highest BCUT2D eigenvalue weighted by atomic mass is 16.5. The molecule has 116 valence electrons. The van der Waals surface area contributed by atoms with E-state index in [-0.39, 0.29) is 5.91 Å². The van der Waals surface area contributed by atoms with Crippen LogP contribution in [0.25, 0.3) is 0 Å². The van der Waals surface area contributed by atoms with Gasteiger partial charge in [-0.3, -0.25) is 4.79 Å². The van der Waals surface area contributed by atoms with Crippen LogP contribution >= 0.6 is 0 Å². The van der Waals surface area contributed by atoms with E-state index in [4.69, 9.17) is 4.74 Å². The van der Waals surface area contributed by atoms with Crippen molar-refractivity contribution in [2.24, 2.45) is 7.05 Å². The lowest BCUT2D eigenvalue weighted by Crippen LogP contribution is -2.25. The van der Waals surface area contributed by atoms with E-state index in [0.29, 0.717) is 17.9 Å². The number of ether oxygens (including phenoxy) is 1. The number of methoxy groups -OCH3 is 1. The van der Waals surface area contributed by atoms with Gasteiger partial charge in [0.05, 0.1) is 24.9 Å². The van der Waals surface area contributed by atoms with Crippen molar-refractivity contribution in [1.29, 1.82) is 0 Å². The number of aromatic nitrogens is 2. The van der Waals surface area contributed by atoms with Crippen molar-refractivity contribution in [3.63, 3.8) is 0 Å². The van der Waals surface area contributed by atoms with E-state index in [1.807, 2.05) is 19.2 Å². The number of nitrogens with zero attached hydrogens (tertiary/aromatic N) is 2. The summed E-state index contributed by atoms with van der Waals surface area (Å²) in [6, 6.07) is 7.23. The lowest BCUT2D eigenvalue weighted by atomic mass is 10.0. The molecule has 2 aromatic rings. The molecule has 0 fully saturated rings. The summed E-state index contributed by atoms with van der Waals surface area (Å²) in [4.78, 5) is 17.0. The van der Waals surface area contributed by atoms with Gasteiger partial charge >= 0.3 is 0 Å². The van der Waals surface area contributed by atoms with Gasteiger partial charge in [0, 0.05) is 12.7 Å². The molecule has 0 bridgehead atoms. The molecule has 1 aromatic carbocycles. The molecular weight excluding hydrogens is 278 g/mol. The molecule has 0 atom stereocenters. The van der Waals surface area contributed by atoms with Crippen LogP contribution in [0, 0.1) is 0 Å². The number of fused-ring (bicyclic) bond motifs is 1. The average Bonchev–Trinajstić information content (AvgIpc) is 2.89. The third-order valence-electron chi connectivity index (χ3n) is 4.22. The topological polar surface area (TPSA) is 56.1 Å². The van der Waals surface area contributed by atoms with Gasteiger partial charge in [0.1, 0.15) is 11.6 Å². The minimum Gasteiger partial charge on any atom is -0.496 e. The summed E-state index contributed by atoms with van der Waals surface area (Å²) in [6.45, 7) is 0.431. The molecule has 1 heterocycles. The van der Waals surface area contributed by atoms with E-state index < -0.39 is 0 Å². The SMILES string of the molecule is COc1ccccc1C(=O)NCc1nc2c(n1C)CCCC2. The van der Waals surface area contributed by atoms with E-state index in [1.54, 1.807) is 19.2 Å². The second-order valence-corrected chi connectivity index (χ2v) is 5.57. The first-order chi connectivity index (χ1) is 10.7. The second kappa shape index (κ2) is 6.22. The first kappa shape index (κ1) is 14.6. The zero-order valence-corrected chi connectivity index (χ0v) is 13.1. The van der Waals surface area contributed by atoms with Crippen LogP contribution < -0.4 is 10.1 Å². The van der Waals surface area contributed by atoms with Gasteiger partial charge in [0.25, 0.3) is 5.91 Å². The van der Waals surface area contributed by atoms with Crippen molar-refractivity contribution >= 4 is 5.91 Å². The lowest BCUT2D eigenvalue weighted by molar-refractivity contribution is 0.0946. The molecule has 0 saturated carbocycles. The Morgan fingerprint density at radius 2 is 2.09 bits per heavy atom. The molecule has 0 spiro atoms. The predicted molar refractivity (Wildman–Crippen MR) is 84.0 cm³/mol. The first-order valence-electron chi connectivity index (χ1n) is 7.65. The normalized spacial score (nSPS) is 13.5. The Morgan fingerprint density at radius 3 is 2.86 bits per heavy atom. The molecule has 5 heteroatoms. The van der Waals surface area contributed by atoms with Crippen molar-refractivity contribution < 1.29 is 9.53 Å². The Kier molecular flexibility index (Phi) is 4.13. The number of nitrogens with one attached hydrogen (secondary N) is 1. The van der Waals surface area contributed by atoms with Crippen molar-refractivity contribution in [2.45, 2.75) is 32.2 Å². The number of amides is 1. The van der Waals surface area contributed by atoms with Crippen LogP contribution in [0.4, 0.5) is 0 Å². The third kappa shape index (κ3) is 2.71. The summed E-state index contributed by atoms with van der Waals surface area (Å²) in [6.07, 6.45) is 4.56. The lowest BCUT2D eigenvalue weighted by Gasteiger charge is -2.12. The van der Waals surface area contributed by atoms with Gasteiger partial charge < -0.3 is 14.6 Å². The van der Waals surface area contributed by atoms with Crippen molar-refractivity contribution in [1.82, 2.24) is 14.9 Å². The van der Waals surface area contributed by atoms with Crippen LogP contribution in [0.5, 0.6) is 5.75 Å². The predicted octanol–water partition coefficient (Wildman–Crippen LogP) is 2.24. The first-order valence-corrected chi connectivity index (χ1v) is 7.65. The number of hydrogen-bond donors (Lipinski definition) is 1. The van der Waals surface area contributed by atoms with E-state index >= 15 is 0 Å². The van der Waals surface area contributed by atoms with Crippen molar-refractivity contribution in [3.05, 3.63) is 47.0 Å². The Morgan fingerprint density at radius 1 is 1.32 bits per heavy atom. The zero-order chi connectivity index (χ0) is 15.5. The van der Waals surface area contributed by atoms with Crippen LogP contribution in [0.1, 0.15) is 40.4 Å². The number of carbonyl (C=O) groups excluding carboxylic acids is 1. The smallest absolute Gasteiger partial charge is 0.255 e. The molecule has 1 amide bonds. The van der Waals surface area contributed by atoms with Gasteiger partial charge in [-0.2, -0.15) is 0 Å². The Labute approximate surface area is 130 Å². The Balaban J connectivity index is 1.72. The van der Waals surface area contributed by atoms with Gasteiger partial charge in [-0.05, 0) is 37.8 Å². The number of carbonyl (C=O) groups is 1. The highest BCUT2D eigenvalue weighted by molar-refractivity contribution is 5.96. The summed E-state index contributed by atoms with van der Waals surface area (Å²) in [5.74, 6) is 1.35. The fourth-order valence-corrected chi connectivity index (χ4v) is 2.99. The van der Waals surface area contributed by atoms with Crippen LogP contribution in [0.15, 0.2) is 24.3 Å². The number of para-hydroxylation sites is 1. The molecule has 1 aromatic heterocycles. The molecule has 5 nitrogen and oxygen atoms in total. The number of hydrogen-bond acceptors (Lipinski definition) is 3. The molecular formula is C17H21N3O2. The number of rotatable bonds is 4. The zero-order valence-electron chi connectivity index (χ0n) is 13.1. The summed E-state index contributed by atoms with van der Waals surface area (Å²) in [5.41, 5.74) is 3.05. The van der Waals surface area contributed by atoms with E-state index in [1.165, 1.54) is 24.2 Å². The molecule has 0 saturated heterocycles.